The number of rotatable bonds is 6. The standard InChI is InChI=1S/C24H24N4O/c1-17-12-18(2)14-20(13-17)27-24(29)23(19-8-4-3-5-9-19)25-15-21-16-28-11-7-6-10-22(28)26-21/h3-14,16,23,25H,15H2,1-2H3,(H,27,29). The highest BCUT2D eigenvalue weighted by Gasteiger charge is 2.21. The zero-order valence-corrected chi connectivity index (χ0v) is 16.6. The van der Waals surface area contributed by atoms with Crippen LogP contribution in [0.3, 0.4) is 0 Å². The molecule has 2 aromatic carbocycles. The summed E-state index contributed by atoms with van der Waals surface area (Å²) in [5, 5.41) is 6.43. The molecule has 0 saturated heterocycles. The van der Waals surface area contributed by atoms with Crippen LogP contribution in [0.2, 0.25) is 0 Å². The van der Waals surface area contributed by atoms with Crippen molar-refractivity contribution < 1.29 is 4.79 Å². The first-order valence-corrected chi connectivity index (χ1v) is 9.68. The van der Waals surface area contributed by atoms with Gasteiger partial charge in [-0.3, -0.25) is 10.1 Å². The van der Waals surface area contributed by atoms with Crippen molar-refractivity contribution in [1.29, 1.82) is 0 Å². The summed E-state index contributed by atoms with van der Waals surface area (Å²) >= 11 is 0. The van der Waals surface area contributed by atoms with E-state index >= 15 is 0 Å². The molecule has 0 saturated carbocycles. The van der Waals surface area contributed by atoms with Gasteiger partial charge in [-0.1, -0.05) is 42.5 Å². The second-order valence-corrected chi connectivity index (χ2v) is 7.29. The first-order valence-electron chi connectivity index (χ1n) is 9.68. The molecular weight excluding hydrogens is 360 g/mol. The van der Waals surface area contributed by atoms with Gasteiger partial charge in [-0.05, 0) is 54.8 Å². The highest BCUT2D eigenvalue weighted by atomic mass is 16.2. The summed E-state index contributed by atoms with van der Waals surface area (Å²) in [6, 6.07) is 21.2. The van der Waals surface area contributed by atoms with Crippen LogP contribution < -0.4 is 10.6 Å². The quantitative estimate of drug-likeness (QED) is 0.517. The van der Waals surface area contributed by atoms with Gasteiger partial charge in [0.1, 0.15) is 11.7 Å². The molecule has 2 heterocycles. The van der Waals surface area contributed by atoms with Gasteiger partial charge >= 0.3 is 0 Å². The molecule has 0 spiro atoms. The molecular formula is C24H24N4O. The summed E-state index contributed by atoms with van der Waals surface area (Å²) in [5.41, 5.74) is 5.74. The summed E-state index contributed by atoms with van der Waals surface area (Å²) < 4.78 is 1.98. The van der Waals surface area contributed by atoms with Gasteiger partial charge in [0, 0.05) is 24.6 Å². The third-order valence-corrected chi connectivity index (χ3v) is 4.79. The van der Waals surface area contributed by atoms with Gasteiger partial charge in [0.05, 0.1) is 5.69 Å². The minimum Gasteiger partial charge on any atom is -0.324 e. The lowest BCUT2D eigenvalue weighted by atomic mass is 10.1. The lowest BCUT2D eigenvalue weighted by Crippen LogP contribution is -2.32. The number of benzene rings is 2. The second-order valence-electron chi connectivity index (χ2n) is 7.29. The van der Waals surface area contributed by atoms with E-state index in [9.17, 15) is 4.79 Å². The summed E-state index contributed by atoms with van der Waals surface area (Å²) in [5.74, 6) is -0.0926. The van der Waals surface area contributed by atoms with E-state index < -0.39 is 6.04 Å². The normalized spacial score (nSPS) is 12.1. The maximum atomic E-state index is 13.1. The van der Waals surface area contributed by atoms with Gasteiger partial charge in [0.15, 0.2) is 0 Å². The second kappa shape index (κ2) is 8.29. The van der Waals surface area contributed by atoms with Crippen LogP contribution in [0.15, 0.2) is 79.1 Å². The van der Waals surface area contributed by atoms with Gasteiger partial charge in [-0.25, -0.2) is 4.98 Å². The van der Waals surface area contributed by atoms with Crippen molar-refractivity contribution in [3.05, 3.63) is 102 Å². The Balaban J connectivity index is 1.55. The fourth-order valence-corrected chi connectivity index (χ4v) is 3.55. The predicted molar refractivity (Wildman–Crippen MR) is 116 cm³/mol. The van der Waals surface area contributed by atoms with Crippen molar-refractivity contribution in [3.8, 4) is 0 Å². The van der Waals surface area contributed by atoms with E-state index in [1.54, 1.807) is 0 Å². The Morgan fingerprint density at radius 3 is 2.45 bits per heavy atom. The van der Waals surface area contributed by atoms with Crippen molar-refractivity contribution in [1.82, 2.24) is 14.7 Å². The molecule has 2 N–H and O–H groups in total. The molecule has 0 fully saturated rings. The van der Waals surface area contributed by atoms with Crippen LogP contribution in [0.4, 0.5) is 5.69 Å². The molecule has 0 radical (unpaired) electrons. The van der Waals surface area contributed by atoms with Crippen LogP contribution in [0, 0.1) is 13.8 Å². The van der Waals surface area contributed by atoms with Crippen molar-refractivity contribution in [2.75, 3.05) is 5.32 Å². The first kappa shape index (κ1) is 18.9. The average molecular weight is 384 g/mol. The number of imidazole rings is 1. The average Bonchev–Trinajstić information content (AvgIpc) is 3.11. The lowest BCUT2D eigenvalue weighted by Gasteiger charge is -2.19. The predicted octanol–water partition coefficient (Wildman–Crippen LogP) is 4.42. The minimum atomic E-state index is -0.484. The van der Waals surface area contributed by atoms with E-state index in [0.29, 0.717) is 6.54 Å². The molecule has 0 aliphatic rings. The molecule has 29 heavy (non-hydrogen) atoms. The SMILES string of the molecule is Cc1cc(C)cc(NC(=O)C(NCc2cn3ccccc3n2)c2ccccc2)c1. The number of aryl methyl sites for hydroxylation is 2. The van der Waals surface area contributed by atoms with Crippen LogP contribution in [0.1, 0.15) is 28.4 Å². The Labute approximate surface area is 170 Å². The van der Waals surface area contributed by atoms with Gasteiger partial charge < -0.3 is 9.72 Å². The number of hydrogen-bond acceptors (Lipinski definition) is 3. The Morgan fingerprint density at radius 2 is 1.72 bits per heavy atom. The van der Waals surface area contributed by atoms with E-state index in [2.05, 4.69) is 21.7 Å². The fraction of sp³-hybridized carbons (Fsp3) is 0.167. The number of carbonyl (C=O) groups excluding carboxylic acids is 1. The Hall–Kier alpha value is -3.44. The minimum absolute atomic E-state index is 0.0926. The number of aromatic nitrogens is 2. The number of fused-ring (bicyclic) bond motifs is 1. The number of amides is 1. The van der Waals surface area contributed by atoms with Crippen LogP contribution in [0.25, 0.3) is 5.65 Å². The topological polar surface area (TPSA) is 58.4 Å². The van der Waals surface area contributed by atoms with E-state index in [4.69, 9.17) is 0 Å². The molecule has 4 aromatic rings. The number of nitrogens with zero attached hydrogens (tertiary/aromatic N) is 2. The number of hydrogen-bond donors (Lipinski definition) is 2. The van der Waals surface area contributed by atoms with Gasteiger partial charge in [-0.2, -0.15) is 0 Å². The molecule has 0 bridgehead atoms. The zero-order valence-electron chi connectivity index (χ0n) is 16.6. The van der Waals surface area contributed by atoms with Crippen LogP contribution in [-0.4, -0.2) is 15.3 Å². The molecule has 0 aliphatic carbocycles. The smallest absolute Gasteiger partial charge is 0.246 e. The summed E-state index contributed by atoms with van der Waals surface area (Å²) in [7, 11) is 0. The monoisotopic (exact) mass is 384 g/mol. The summed E-state index contributed by atoms with van der Waals surface area (Å²) in [4.78, 5) is 17.7. The molecule has 1 unspecified atom stereocenters. The van der Waals surface area contributed by atoms with Gasteiger partial charge in [-0.15, -0.1) is 0 Å². The maximum absolute atomic E-state index is 13.1. The maximum Gasteiger partial charge on any atom is 0.246 e. The Kier molecular flexibility index (Phi) is 5.40. The number of carbonyl (C=O) groups is 1. The Bertz CT molecular complexity index is 1080. The van der Waals surface area contributed by atoms with Crippen LogP contribution >= 0.6 is 0 Å². The highest BCUT2D eigenvalue weighted by molar-refractivity contribution is 5.95. The van der Waals surface area contributed by atoms with Crippen LogP contribution in [-0.2, 0) is 11.3 Å². The highest BCUT2D eigenvalue weighted by Crippen LogP contribution is 2.19. The number of anilines is 1. The lowest BCUT2D eigenvalue weighted by molar-refractivity contribution is -0.118. The van der Waals surface area contributed by atoms with E-state index in [1.807, 2.05) is 91.3 Å². The van der Waals surface area contributed by atoms with E-state index in [0.717, 1.165) is 33.7 Å². The van der Waals surface area contributed by atoms with Gasteiger partial charge in [0.2, 0.25) is 5.91 Å². The number of nitrogens with one attached hydrogen (secondary N) is 2. The zero-order chi connectivity index (χ0) is 20.2. The molecule has 4 rings (SSSR count). The molecule has 5 nitrogen and oxygen atoms in total. The largest absolute Gasteiger partial charge is 0.324 e. The van der Waals surface area contributed by atoms with Gasteiger partial charge in [0.25, 0.3) is 0 Å². The Morgan fingerprint density at radius 1 is 1.00 bits per heavy atom. The first-order chi connectivity index (χ1) is 14.1. The summed E-state index contributed by atoms with van der Waals surface area (Å²) in [6.07, 6.45) is 3.94. The number of pyridine rings is 1. The third kappa shape index (κ3) is 4.52. The van der Waals surface area contributed by atoms with Crippen molar-refractivity contribution >= 4 is 17.2 Å². The molecule has 1 atom stereocenters. The molecule has 1 amide bonds. The van der Waals surface area contributed by atoms with Crippen LogP contribution in [0.5, 0.6) is 0 Å². The molecule has 5 heteroatoms. The third-order valence-electron chi connectivity index (χ3n) is 4.79. The molecule has 0 aliphatic heterocycles. The molecule has 2 aromatic heterocycles. The van der Waals surface area contributed by atoms with Crippen molar-refractivity contribution in [2.24, 2.45) is 0 Å². The molecule has 146 valence electrons. The van der Waals surface area contributed by atoms with E-state index in [-0.39, 0.29) is 5.91 Å². The van der Waals surface area contributed by atoms with Crippen molar-refractivity contribution in [3.63, 3.8) is 0 Å². The van der Waals surface area contributed by atoms with E-state index in [1.165, 1.54) is 0 Å². The fourth-order valence-electron chi connectivity index (χ4n) is 3.55. The summed E-state index contributed by atoms with van der Waals surface area (Å²) in [6.45, 7) is 4.54. The van der Waals surface area contributed by atoms with Crippen molar-refractivity contribution in [2.45, 2.75) is 26.4 Å².